The van der Waals surface area contributed by atoms with Crippen LogP contribution in [0.1, 0.15) is 20.3 Å². The smallest absolute Gasteiger partial charge is 0.266 e. The summed E-state index contributed by atoms with van der Waals surface area (Å²) in [5.41, 5.74) is 0.613. The second-order valence-corrected chi connectivity index (χ2v) is 4.94. The summed E-state index contributed by atoms with van der Waals surface area (Å²) in [7, 11) is 0. The van der Waals surface area contributed by atoms with Crippen LogP contribution in [0, 0.1) is 0 Å². The quantitative estimate of drug-likeness (QED) is 0.705. The first kappa shape index (κ1) is 17.2. The predicted molar refractivity (Wildman–Crippen MR) is 84.2 cm³/mol. The van der Waals surface area contributed by atoms with Gasteiger partial charge in [-0.1, -0.05) is 12.1 Å². The monoisotopic (exact) mass is 322 g/mol. The molecule has 0 saturated carbocycles. The van der Waals surface area contributed by atoms with Crippen LogP contribution in [0.2, 0.25) is 0 Å². The molecule has 1 heterocycles. The third-order valence-corrected chi connectivity index (χ3v) is 3.25. The van der Waals surface area contributed by atoms with Gasteiger partial charge < -0.3 is 24.8 Å². The van der Waals surface area contributed by atoms with Crippen molar-refractivity contribution in [2.24, 2.45) is 0 Å². The van der Waals surface area contributed by atoms with E-state index in [2.05, 4.69) is 10.6 Å². The van der Waals surface area contributed by atoms with Crippen molar-refractivity contribution in [3.8, 4) is 5.75 Å². The average molecular weight is 322 g/mol. The van der Waals surface area contributed by atoms with Crippen molar-refractivity contribution in [2.45, 2.75) is 32.7 Å². The zero-order chi connectivity index (χ0) is 16.7. The van der Waals surface area contributed by atoms with E-state index < -0.39 is 12.4 Å². The summed E-state index contributed by atoms with van der Waals surface area (Å²) in [5.74, 6) is -0.0645. The molecule has 2 rings (SSSR count). The van der Waals surface area contributed by atoms with Crippen LogP contribution in [0.15, 0.2) is 24.3 Å². The van der Waals surface area contributed by atoms with Crippen LogP contribution in [-0.4, -0.2) is 44.0 Å². The van der Waals surface area contributed by atoms with Crippen LogP contribution in [-0.2, 0) is 19.1 Å². The Kier molecular flexibility index (Phi) is 6.37. The van der Waals surface area contributed by atoms with E-state index in [0.29, 0.717) is 24.7 Å². The van der Waals surface area contributed by atoms with Gasteiger partial charge in [0.15, 0.2) is 12.4 Å². The van der Waals surface area contributed by atoms with Crippen LogP contribution >= 0.6 is 0 Å². The van der Waals surface area contributed by atoms with E-state index in [-0.39, 0.29) is 24.8 Å². The maximum atomic E-state index is 12.0. The van der Waals surface area contributed by atoms with Gasteiger partial charge in [-0.2, -0.15) is 0 Å². The van der Waals surface area contributed by atoms with Gasteiger partial charge in [-0.3, -0.25) is 9.59 Å². The third kappa shape index (κ3) is 4.94. The fourth-order valence-electron chi connectivity index (χ4n) is 2.20. The van der Waals surface area contributed by atoms with Gasteiger partial charge in [0.25, 0.3) is 5.91 Å². The topological polar surface area (TPSA) is 85.9 Å². The van der Waals surface area contributed by atoms with Crippen molar-refractivity contribution in [3.63, 3.8) is 0 Å². The highest BCUT2D eigenvalue weighted by molar-refractivity contribution is 5.99. The van der Waals surface area contributed by atoms with Gasteiger partial charge in [-0.25, -0.2) is 0 Å². The minimum Gasteiger partial charge on any atom is -0.478 e. The molecule has 7 nitrogen and oxygen atoms in total. The Morgan fingerprint density at radius 2 is 2.00 bits per heavy atom. The maximum Gasteiger partial charge on any atom is 0.266 e. The Morgan fingerprint density at radius 3 is 2.70 bits per heavy atom. The third-order valence-electron chi connectivity index (χ3n) is 3.25. The first-order valence-electron chi connectivity index (χ1n) is 7.70. The van der Waals surface area contributed by atoms with Gasteiger partial charge in [-0.15, -0.1) is 0 Å². The van der Waals surface area contributed by atoms with E-state index in [1.807, 2.05) is 19.9 Å². The number of rotatable bonds is 8. The van der Waals surface area contributed by atoms with E-state index in [0.717, 1.165) is 0 Å². The Bertz CT molecular complexity index is 543. The highest BCUT2D eigenvalue weighted by Crippen LogP contribution is 2.29. The number of para-hydroxylation sites is 2. The largest absolute Gasteiger partial charge is 0.478 e. The second kappa shape index (κ2) is 8.50. The summed E-state index contributed by atoms with van der Waals surface area (Å²) in [4.78, 5) is 24.0. The number of hydrogen-bond acceptors (Lipinski definition) is 5. The Labute approximate surface area is 135 Å². The normalized spacial score (nSPS) is 16.5. The van der Waals surface area contributed by atoms with Gasteiger partial charge in [0.1, 0.15) is 5.75 Å². The highest BCUT2D eigenvalue weighted by atomic mass is 16.7. The number of anilines is 1. The zero-order valence-electron chi connectivity index (χ0n) is 13.3. The lowest BCUT2D eigenvalue weighted by Gasteiger charge is -2.25. The average Bonchev–Trinajstić information content (AvgIpc) is 2.54. The molecular formula is C16H22N2O5. The van der Waals surface area contributed by atoms with Crippen molar-refractivity contribution < 1.29 is 23.8 Å². The summed E-state index contributed by atoms with van der Waals surface area (Å²) < 4.78 is 16.3. The van der Waals surface area contributed by atoms with Gasteiger partial charge in [0.2, 0.25) is 5.91 Å². The molecule has 0 radical (unpaired) electrons. The second-order valence-electron chi connectivity index (χ2n) is 4.94. The molecule has 23 heavy (non-hydrogen) atoms. The Morgan fingerprint density at radius 1 is 1.30 bits per heavy atom. The van der Waals surface area contributed by atoms with Gasteiger partial charge >= 0.3 is 0 Å². The number of ether oxygens (including phenoxy) is 3. The van der Waals surface area contributed by atoms with Crippen LogP contribution in [0.3, 0.4) is 0 Å². The number of hydrogen-bond donors (Lipinski definition) is 2. The molecular weight excluding hydrogens is 300 g/mol. The fraction of sp³-hybridized carbons (Fsp3) is 0.500. The van der Waals surface area contributed by atoms with Crippen molar-refractivity contribution in [2.75, 3.05) is 25.1 Å². The maximum absolute atomic E-state index is 12.0. The molecule has 0 spiro atoms. The van der Waals surface area contributed by atoms with E-state index in [4.69, 9.17) is 14.2 Å². The van der Waals surface area contributed by atoms with Crippen molar-refractivity contribution in [1.82, 2.24) is 5.32 Å². The summed E-state index contributed by atoms with van der Waals surface area (Å²) >= 11 is 0. The Hall–Kier alpha value is -2.12. The molecule has 1 unspecified atom stereocenters. The molecule has 1 aliphatic heterocycles. The summed E-state index contributed by atoms with van der Waals surface area (Å²) in [6.45, 7) is 4.92. The minimum atomic E-state index is -0.845. The van der Waals surface area contributed by atoms with Crippen LogP contribution in [0.4, 0.5) is 5.69 Å². The first-order valence-corrected chi connectivity index (χ1v) is 7.70. The molecule has 2 N–H and O–H groups in total. The number of amides is 2. The van der Waals surface area contributed by atoms with Crippen molar-refractivity contribution >= 4 is 17.5 Å². The lowest BCUT2D eigenvalue weighted by Crippen LogP contribution is -2.42. The number of nitrogens with one attached hydrogen (secondary N) is 2. The van der Waals surface area contributed by atoms with Crippen LogP contribution in [0.5, 0.6) is 5.75 Å². The van der Waals surface area contributed by atoms with Crippen LogP contribution < -0.4 is 15.4 Å². The van der Waals surface area contributed by atoms with Gasteiger partial charge in [0.05, 0.1) is 18.7 Å². The number of benzene rings is 1. The molecule has 1 aromatic carbocycles. The molecule has 7 heteroatoms. The van der Waals surface area contributed by atoms with E-state index in [1.54, 1.807) is 18.2 Å². The molecule has 2 amide bonds. The summed E-state index contributed by atoms with van der Waals surface area (Å²) in [6, 6.07) is 7.11. The van der Waals surface area contributed by atoms with Gasteiger partial charge in [0, 0.05) is 13.2 Å². The molecule has 1 atom stereocenters. The molecule has 1 aliphatic rings. The van der Waals surface area contributed by atoms with Crippen molar-refractivity contribution in [3.05, 3.63) is 24.3 Å². The lowest BCUT2D eigenvalue weighted by molar-refractivity contribution is -0.142. The van der Waals surface area contributed by atoms with Crippen LogP contribution in [0.25, 0.3) is 0 Å². The van der Waals surface area contributed by atoms with E-state index in [9.17, 15) is 9.59 Å². The molecule has 1 aromatic rings. The highest BCUT2D eigenvalue weighted by Gasteiger charge is 2.29. The first-order chi connectivity index (χ1) is 11.1. The number of carbonyl (C=O) groups is 2. The molecule has 126 valence electrons. The van der Waals surface area contributed by atoms with Gasteiger partial charge in [-0.05, 0) is 26.0 Å². The van der Waals surface area contributed by atoms with E-state index >= 15 is 0 Å². The zero-order valence-corrected chi connectivity index (χ0v) is 13.3. The van der Waals surface area contributed by atoms with E-state index in [1.165, 1.54) is 0 Å². The molecule has 0 aliphatic carbocycles. The summed E-state index contributed by atoms with van der Waals surface area (Å²) in [5, 5.41) is 5.42. The molecule has 0 bridgehead atoms. The SMILES string of the molecule is CCOC(CNC(=O)CC1Oc2ccccc2NC1=O)OCC. The number of carbonyl (C=O) groups excluding carboxylic acids is 2. The lowest BCUT2D eigenvalue weighted by atomic mass is 10.1. The minimum absolute atomic E-state index is 0.0643. The molecule has 0 saturated heterocycles. The predicted octanol–water partition coefficient (Wildman–Crippen LogP) is 1.29. The standard InChI is InChI=1S/C16H22N2O5/c1-3-21-15(22-4-2)10-17-14(19)9-13-16(20)18-11-7-5-6-8-12(11)23-13/h5-8,13,15H,3-4,9-10H2,1-2H3,(H,17,19)(H,18,20). The Balaban J connectivity index is 1.84. The fourth-order valence-corrected chi connectivity index (χ4v) is 2.20. The molecule has 0 aromatic heterocycles. The summed E-state index contributed by atoms with van der Waals surface area (Å²) in [6.07, 6.45) is -1.40. The molecule has 0 fully saturated rings. The number of fused-ring (bicyclic) bond motifs is 1. The van der Waals surface area contributed by atoms with Crippen molar-refractivity contribution in [1.29, 1.82) is 0 Å².